The molecule has 1 aliphatic rings. The Labute approximate surface area is 83.6 Å². The molecule has 0 aromatic heterocycles. The highest BCUT2D eigenvalue weighted by molar-refractivity contribution is 5.88. The van der Waals surface area contributed by atoms with Crippen LogP contribution in [0.2, 0.25) is 0 Å². The van der Waals surface area contributed by atoms with Crippen molar-refractivity contribution >= 4 is 11.8 Å². The zero-order valence-electron chi connectivity index (χ0n) is 8.62. The van der Waals surface area contributed by atoms with Gasteiger partial charge in [0.05, 0.1) is 5.92 Å². The van der Waals surface area contributed by atoms with Gasteiger partial charge in [-0.15, -0.1) is 0 Å². The number of carbonyl (C=O) groups excluding carboxylic acids is 2. The van der Waals surface area contributed by atoms with Crippen LogP contribution >= 0.6 is 0 Å². The number of hydrogen-bond acceptors (Lipinski definition) is 3. The van der Waals surface area contributed by atoms with Crippen molar-refractivity contribution in [2.24, 2.45) is 17.7 Å². The van der Waals surface area contributed by atoms with Crippen molar-refractivity contribution in [3.63, 3.8) is 0 Å². The Morgan fingerprint density at radius 1 is 1.71 bits per heavy atom. The van der Waals surface area contributed by atoms with Gasteiger partial charge < -0.3 is 4.90 Å². The maximum absolute atomic E-state index is 11.4. The quantitative estimate of drug-likeness (QED) is 0.365. The Morgan fingerprint density at radius 3 is 2.86 bits per heavy atom. The average Bonchev–Trinajstić information content (AvgIpc) is 2.46. The molecular weight excluding hydrogens is 182 g/mol. The van der Waals surface area contributed by atoms with Crippen molar-refractivity contribution in [1.29, 1.82) is 0 Å². The van der Waals surface area contributed by atoms with Crippen LogP contribution in [0.1, 0.15) is 20.3 Å². The molecule has 1 rings (SSSR count). The molecule has 80 valence electrons. The van der Waals surface area contributed by atoms with Crippen LogP contribution in [-0.4, -0.2) is 29.8 Å². The first-order chi connectivity index (χ1) is 6.54. The maximum Gasteiger partial charge on any atom is 0.239 e. The van der Waals surface area contributed by atoms with E-state index in [2.05, 4.69) is 5.43 Å². The molecule has 0 aromatic rings. The Kier molecular flexibility index (Phi) is 3.46. The molecule has 5 nitrogen and oxygen atoms in total. The number of hydrogen-bond donors (Lipinski definition) is 2. The largest absolute Gasteiger partial charge is 0.342 e. The van der Waals surface area contributed by atoms with Gasteiger partial charge in [0.2, 0.25) is 11.8 Å². The van der Waals surface area contributed by atoms with Crippen LogP contribution in [0.3, 0.4) is 0 Å². The fourth-order valence-electron chi connectivity index (χ4n) is 1.68. The number of nitrogens with two attached hydrogens (primary N) is 1. The van der Waals surface area contributed by atoms with Crippen molar-refractivity contribution in [3.05, 3.63) is 0 Å². The zero-order chi connectivity index (χ0) is 10.7. The standard InChI is InChI=1S/C9H17N3O2/c1-6(2)4-12-5-7(3-8(12)13)9(14)11-10/h6-7H,3-5,10H2,1-2H3,(H,11,14). The number of nitrogens with one attached hydrogen (secondary N) is 1. The molecule has 1 saturated heterocycles. The predicted molar refractivity (Wildman–Crippen MR) is 51.9 cm³/mol. The first-order valence-electron chi connectivity index (χ1n) is 4.82. The molecule has 3 N–H and O–H groups in total. The van der Waals surface area contributed by atoms with Crippen LogP contribution in [-0.2, 0) is 9.59 Å². The van der Waals surface area contributed by atoms with Gasteiger partial charge in [-0.1, -0.05) is 13.8 Å². The van der Waals surface area contributed by atoms with E-state index in [1.54, 1.807) is 4.90 Å². The van der Waals surface area contributed by atoms with Gasteiger partial charge in [-0.3, -0.25) is 15.0 Å². The van der Waals surface area contributed by atoms with Crippen LogP contribution in [0.25, 0.3) is 0 Å². The average molecular weight is 199 g/mol. The monoisotopic (exact) mass is 199 g/mol. The third-order valence-electron chi connectivity index (χ3n) is 2.31. The molecule has 0 spiro atoms. The lowest BCUT2D eigenvalue weighted by molar-refractivity contribution is -0.129. The lowest BCUT2D eigenvalue weighted by Crippen LogP contribution is -2.37. The molecule has 1 unspecified atom stereocenters. The SMILES string of the molecule is CC(C)CN1CC(C(=O)NN)CC1=O. The molecule has 5 heteroatoms. The zero-order valence-corrected chi connectivity index (χ0v) is 8.62. The van der Waals surface area contributed by atoms with E-state index < -0.39 is 0 Å². The highest BCUT2D eigenvalue weighted by Crippen LogP contribution is 2.18. The lowest BCUT2D eigenvalue weighted by atomic mass is 10.1. The van der Waals surface area contributed by atoms with Gasteiger partial charge in [0, 0.05) is 19.5 Å². The minimum Gasteiger partial charge on any atom is -0.342 e. The van der Waals surface area contributed by atoms with E-state index in [9.17, 15) is 9.59 Å². The number of hydrazine groups is 1. The van der Waals surface area contributed by atoms with Gasteiger partial charge in [-0.05, 0) is 5.92 Å². The Balaban J connectivity index is 2.51. The van der Waals surface area contributed by atoms with Gasteiger partial charge in [0.1, 0.15) is 0 Å². The van der Waals surface area contributed by atoms with E-state index in [4.69, 9.17) is 5.84 Å². The number of nitrogens with zero attached hydrogens (tertiary/aromatic N) is 1. The molecule has 0 bridgehead atoms. The van der Waals surface area contributed by atoms with Crippen LogP contribution < -0.4 is 11.3 Å². The van der Waals surface area contributed by atoms with Gasteiger partial charge in [0.15, 0.2) is 0 Å². The molecule has 1 heterocycles. The van der Waals surface area contributed by atoms with E-state index in [-0.39, 0.29) is 24.2 Å². The summed E-state index contributed by atoms with van der Waals surface area (Å²) in [6, 6.07) is 0. The number of rotatable bonds is 3. The van der Waals surface area contributed by atoms with E-state index >= 15 is 0 Å². The molecular formula is C9H17N3O2. The molecule has 1 atom stereocenters. The minimum atomic E-state index is -0.272. The van der Waals surface area contributed by atoms with Gasteiger partial charge in [-0.25, -0.2) is 5.84 Å². The van der Waals surface area contributed by atoms with Gasteiger partial charge >= 0.3 is 0 Å². The second-order valence-electron chi connectivity index (χ2n) is 4.10. The Hall–Kier alpha value is -1.10. The summed E-state index contributed by atoms with van der Waals surface area (Å²) in [5.74, 6) is 4.97. The van der Waals surface area contributed by atoms with E-state index in [1.165, 1.54) is 0 Å². The predicted octanol–water partition coefficient (Wildman–Crippen LogP) is -0.519. The fraction of sp³-hybridized carbons (Fsp3) is 0.778. The second-order valence-corrected chi connectivity index (χ2v) is 4.10. The summed E-state index contributed by atoms with van der Waals surface area (Å²) < 4.78 is 0. The van der Waals surface area contributed by atoms with Crippen molar-refractivity contribution in [3.8, 4) is 0 Å². The van der Waals surface area contributed by atoms with Crippen LogP contribution in [0, 0.1) is 11.8 Å². The van der Waals surface area contributed by atoms with Crippen molar-refractivity contribution in [2.45, 2.75) is 20.3 Å². The smallest absolute Gasteiger partial charge is 0.239 e. The third kappa shape index (κ3) is 2.45. The fourth-order valence-corrected chi connectivity index (χ4v) is 1.68. The highest BCUT2D eigenvalue weighted by atomic mass is 16.2. The Bertz CT molecular complexity index is 240. The molecule has 2 amide bonds. The lowest BCUT2D eigenvalue weighted by Gasteiger charge is -2.18. The van der Waals surface area contributed by atoms with Crippen molar-refractivity contribution in [1.82, 2.24) is 10.3 Å². The molecule has 1 aliphatic heterocycles. The molecule has 0 radical (unpaired) electrons. The second kappa shape index (κ2) is 4.41. The topological polar surface area (TPSA) is 75.4 Å². The number of amides is 2. The van der Waals surface area contributed by atoms with E-state index in [0.717, 1.165) is 0 Å². The third-order valence-corrected chi connectivity index (χ3v) is 2.31. The summed E-state index contributed by atoms with van der Waals surface area (Å²) in [7, 11) is 0. The van der Waals surface area contributed by atoms with Gasteiger partial charge in [-0.2, -0.15) is 0 Å². The number of likely N-dealkylation sites (tertiary alicyclic amines) is 1. The van der Waals surface area contributed by atoms with Crippen LogP contribution in [0.4, 0.5) is 0 Å². The summed E-state index contributed by atoms with van der Waals surface area (Å²) in [6.07, 6.45) is 0.287. The minimum absolute atomic E-state index is 0.0484. The summed E-state index contributed by atoms with van der Waals surface area (Å²) in [5, 5.41) is 0. The summed E-state index contributed by atoms with van der Waals surface area (Å²) in [4.78, 5) is 24.3. The summed E-state index contributed by atoms with van der Waals surface area (Å²) in [5.41, 5.74) is 2.08. The number of carbonyl (C=O) groups is 2. The normalized spacial score (nSPS) is 21.9. The van der Waals surface area contributed by atoms with Crippen molar-refractivity contribution in [2.75, 3.05) is 13.1 Å². The van der Waals surface area contributed by atoms with E-state index in [0.29, 0.717) is 19.0 Å². The molecule has 0 aromatic carbocycles. The van der Waals surface area contributed by atoms with Crippen LogP contribution in [0.5, 0.6) is 0 Å². The first kappa shape index (κ1) is 11.0. The molecule has 14 heavy (non-hydrogen) atoms. The highest BCUT2D eigenvalue weighted by Gasteiger charge is 2.33. The summed E-state index contributed by atoms with van der Waals surface area (Å²) in [6.45, 7) is 5.31. The maximum atomic E-state index is 11.4. The van der Waals surface area contributed by atoms with Gasteiger partial charge in [0.25, 0.3) is 0 Å². The van der Waals surface area contributed by atoms with E-state index in [1.807, 2.05) is 13.8 Å². The van der Waals surface area contributed by atoms with Crippen LogP contribution in [0.15, 0.2) is 0 Å². The first-order valence-corrected chi connectivity index (χ1v) is 4.82. The molecule has 0 saturated carbocycles. The molecule has 1 fully saturated rings. The molecule has 0 aliphatic carbocycles. The van der Waals surface area contributed by atoms with Crippen molar-refractivity contribution < 1.29 is 9.59 Å². The summed E-state index contributed by atoms with van der Waals surface area (Å²) >= 11 is 0. The Morgan fingerprint density at radius 2 is 2.36 bits per heavy atom.